The Morgan fingerprint density at radius 2 is 2.00 bits per heavy atom. The summed E-state index contributed by atoms with van der Waals surface area (Å²) in [5.41, 5.74) is 5.00. The molecule has 2 unspecified atom stereocenters. The smallest absolute Gasteiger partial charge is 0.404 e. The standard InChI is InChI=1S/C9H16N2O4/c10-9(12)15-8-6-14-5-7(8)11-1-3-13-4-2-11/h7-8H,1-6H2,(H2,10,12). The second-order valence-corrected chi connectivity index (χ2v) is 3.73. The Kier molecular flexibility index (Phi) is 3.40. The van der Waals surface area contributed by atoms with Crippen LogP contribution >= 0.6 is 0 Å². The van der Waals surface area contributed by atoms with E-state index in [0.717, 1.165) is 26.3 Å². The van der Waals surface area contributed by atoms with Crippen molar-refractivity contribution in [1.82, 2.24) is 4.90 Å². The van der Waals surface area contributed by atoms with Gasteiger partial charge in [-0.1, -0.05) is 0 Å². The van der Waals surface area contributed by atoms with Crippen molar-refractivity contribution in [1.29, 1.82) is 0 Å². The Labute approximate surface area is 88.2 Å². The predicted molar refractivity (Wildman–Crippen MR) is 51.5 cm³/mol. The maximum Gasteiger partial charge on any atom is 0.404 e. The lowest BCUT2D eigenvalue weighted by Gasteiger charge is -2.33. The molecule has 86 valence electrons. The number of nitrogens with two attached hydrogens (primary N) is 1. The van der Waals surface area contributed by atoms with Crippen molar-refractivity contribution in [3.63, 3.8) is 0 Å². The molecule has 0 aromatic rings. The van der Waals surface area contributed by atoms with E-state index in [0.29, 0.717) is 13.2 Å². The Morgan fingerprint density at radius 3 is 2.67 bits per heavy atom. The van der Waals surface area contributed by atoms with Gasteiger partial charge < -0.3 is 19.9 Å². The maximum atomic E-state index is 10.7. The summed E-state index contributed by atoms with van der Waals surface area (Å²) in [6.45, 7) is 4.18. The number of carbonyl (C=O) groups excluding carboxylic acids is 1. The molecule has 0 aromatic heterocycles. The zero-order chi connectivity index (χ0) is 10.7. The highest BCUT2D eigenvalue weighted by atomic mass is 16.6. The summed E-state index contributed by atoms with van der Waals surface area (Å²) in [7, 11) is 0. The summed E-state index contributed by atoms with van der Waals surface area (Å²) in [6.07, 6.45) is -0.968. The third-order valence-electron chi connectivity index (χ3n) is 2.78. The third kappa shape index (κ3) is 2.58. The molecular formula is C9H16N2O4. The molecule has 2 fully saturated rings. The van der Waals surface area contributed by atoms with Gasteiger partial charge in [0, 0.05) is 13.1 Å². The van der Waals surface area contributed by atoms with Crippen molar-refractivity contribution in [2.45, 2.75) is 12.1 Å². The van der Waals surface area contributed by atoms with Gasteiger partial charge in [0.25, 0.3) is 0 Å². The molecule has 6 nitrogen and oxygen atoms in total. The topological polar surface area (TPSA) is 74.0 Å². The van der Waals surface area contributed by atoms with Gasteiger partial charge in [-0.25, -0.2) is 4.79 Å². The van der Waals surface area contributed by atoms with Gasteiger partial charge in [-0.2, -0.15) is 0 Å². The van der Waals surface area contributed by atoms with Crippen LogP contribution in [-0.2, 0) is 14.2 Å². The van der Waals surface area contributed by atoms with E-state index in [4.69, 9.17) is 19.9 Å². The van der Waals surface area contributed by atoms with Gasteiger partial charge in [0.15, 0.2) is 0 Å². The van der Waals surface area contributed by atoms with Crippen LogP contribution < -0.4 is 5.73 Å². The average Bonchev–Trinajstić information content (AvgIpc) is 2.66. The van der Waals surface area contributed by atoms with Gasteiger partial charge in [-0.15, -0.1) is 0 Å². The first kappa shape index (κ1) is 10.7. The monoisotopic (exact) mass is 216 g/mol. The highest BCUT2D eigenvalue weighted by molar-refractivity contribution is 5.64. The number of hydrogen-bond acceptors (Lipinski definition) is 5. The predicted octanol–water partition coefficient (Wildman–Crippen LogP) is -0.819. The summed E-state index contributed by atoms with van der Waals surface area (Å²) >= 11 is 0. The van der Waals surface area contributed by atoms with Gasteiger partial charge in [0.2, 0.25) is 0 Å². The molecule has 2 rings (SSSR count). The first-order chi connectivity index (χ1) is 7.27. The number of hydrogen-bond donors (Lipinski definition) is 1. The molecule has 2 atom stereocenters. The van der Waals surface area contributed by atoms with Crippen molar-refractivity contribution in [3.8, 4) is 0 Å². The Morgan fingerprint density at radius 1 is 1.27 bits per heavy atom. The number of nitrogens with zero attached hydrogens (tertiary/aromatic N) is 1. The van der Waals surface area contributed by atoms with Gasteiger partial charge in [0.1, 0.15) is 6.10 Å². The summed E-state index contributed by atoms with van der Waals surface area (Å²) in [5, 5.41) is 0. The lowest BCUT2D eigenvalue weighted by molar-refractivity contribution is -0.00995. The number of amides is 1. The van der Waals surface area contributed by atoms with Crippen molar-refractivity contribution >= 4 is 6.09 Å². The first-order valence-corrected chi connectivity index (χ1v) is 5.13. The molecule has 2 saturated heterocycles. The molecule has 2 aliphatic rings. The van der Waals surface area contributed by atoms with Crippen LogP contribution in [0.5, 0.6) is 0 Å². The van der Waals surface area contributed by atoms with Gasteiger partial charge in [-0.05, 0) is 0 Å². The molecular weight excluding hydrogens is 200 g/mol. The van der Waals surface area contributed by atoms with E-state index < -0.39 is 6.09 Å². The second-order valence-electron chi connectivity index (χ2n) is 3.73. The summed E-state index contributed by atoms with van der Waals surface area (Å²) in [4.78, 5) is 12.9. The Bertz CT molecular complexity index is 230. The fourth-order valence-corrected chi connectivity index (χ4v) is 2.03. The number of morpholine rings is 1. The molecule has 0 saturated carbocycles. The van der Waals surface area contributed by atoms with E-state index in [-0.39, 0.29) is 12.1 Å². The minimum Gasteiger partial charge on any atom is -0.442 e. The highest BCUT2D eigenvalue weighted by Crippen LogP contribution is 2.17. The summed E-state index contributed by atoms with van der Waals surface area (Å²) in [6, 6.07) is 0.126. The van der Waals surface area contributed by atoms with Crippen molar-refractivity contribution in [2.75, 3.05) is 39.5 Å². The normalized spacial score (nSPS) is 32.8. The largest absolute Gasteiger partial charge is 0.442 e. The number of ether oxygens (including phenoxy) is 3. The summed E-state index contributed by atoms with van der Waals surface area (Å²) < 4.78 is 15.6. The number of rotatable bonds is 2. The quantitative estimate of drug-likeness (QED) is 0.653. The Balaban J connectivity index is 1.91. The maximum absolute atomic E-state index is 10.7. The second kappa shape index (κ2) is 4.78. The molecule has 0 aromatic carbocycles. The fourth-order valence-electron chi connectivity index (χ4n) is 2.03. The van der Waals surface area contributed by atoms with Crippen LogP contribution in [0.2, 0.25) is 0 Å². The average molecular weight is 216 g/mol. The fraction of sp³-hybridized carbons (Fsp3) is 0.889. The van der Waals surface area contributed by atoms with Gasteiger partial charge in [-0.3, -0.25) is 4.90 Å². The van der Waals surface area contributed by atoms with E-state index in [9.17, 15) is 4.79 Å². The molecule has 0 radical (unpaired) electrons. The van der Waals surface area contributed by atoms with Crippen LogP contribution in [0.4, 0.5) is 4.79 Å². The molecule has 2 heterocycles. The van der Waals surface area contributed by atoms with Crippen LogP contribution in [0.15, 0.2) is 0 Å². The van der Waals surface area contributed by atoms with Crippen molar-refractivity contribution in [3.05, 3.63) is 0 Å². The van der Waals surface area contributed by atoms with E-state index in [1.165, 1.54) is 0 Å². The van der Waals surface area contributed by atoms with Crippen LogP contribution in [0.3, 0.4) is 0 Å². The first-order valence-electron chi connectivity index (χ1n) is 5.13. The lowest BCUT2D eigenvalue weighted by Crippen LogP contribution is -2.50. The lowest BCUT2D eigenvalue weighted by atomic mass is 10.1. The molecule has 0 aliphatic carbocycles. The van der Waals surface area contributed by atoms with E-state index >= 15 is 0 Å². The van der Waals surface area contributed by atoms with Crippen LogP contribution in [-0.4, -0.2) is 62.7 Å². The zero-order valence-corrected chi connectivity index (χ0v) is 8.55. The van der Waals surface area contributed by atoms with Crippen LogP contribution in [0, 0.1) is 0 Å². The van der Waals surface area contributed by atoms with E-state index in [1.807, 2.05) is 0 Å². The van der Waals surface area contributed by atoms with Crippen LogP contribution in [0.25, 0.3) is 0 Å². The minimum atomic E-state index is -0.733. The van der Waals surface area contributed by atoms with E-state index in [1.54, 1.807) is 0 Å². The number of primary amides is 1. The van der Waals surface area contributed by atoms with Crippen molar-refractivity contribution in [2.24, 2.45) is 5.73 Å². The molecule has 2 N–H and O–H groups in total. The molecule has 15 heavy (non-hydrogen) atoms. The minimum absolute atomic E-state index is 0.126. The molecule has 0 spiro atoms. The molecule has 2 aliphatic heterocycles. The molecule has 6 heteroatoms. The number of carbonyl (C=O) groups is 1. The molecule has 1 amide bonds. The third-order valence-corrected chi connectivity index (χ3v) is 2.78. The zero-order valence-electron chi connectivity index (χ0n) is 8.55. The SMILES string of the molecule is NC(=O)OC1COCC1N1CCOCC1. The van der Waals surface area contributed by atoms with Crippen molar-refractivity contribution < 1.29 is 19.0 Å². The highest BCUT2D eigenvalue weighted by Gasteiger charge is 2.36. The van der Waals surface area contributed by atoms with Gasteiger partial charge >= 0.3 is 6.09 Å². The summed E-state index contributed by atoms with van der Waals surface area (Å²) in [5.74, 6) is 0. The van der Waals surface area contributed by atoms with Crippen LogP contribution in [0.1, 0.15) is 0 Å². The van der Waals surface area contributed by atoms with Gasteiger partial charge in [0.05, 0.1) is 32.5 Å². The Hall–Kier alpha value is -0.850. The van der Waals surface area contributed by atoms with E-state index in [2.05, 4.69) is 4.90 Å². The molecule has 0 bridgehead atoms.